The molecule has 1 aromatic rings. The smallest absolute Gasteiger partial charge is 0.217 e. The molecule has 2 N–H and O–H groups in total. The summed E-state index contributed by atoms with van der Waals surface area (Å²) in [4.78, 5) is 10.9. The SMILES string of the molecule is CC(=O)NC1c2ccccc2CC1O. The molecule has 0 bridgehead atoms. The maximum atomic E-state index is 10.9. The fraction of sp³-hybridized carbons (Fsp3) is 0.364. The lowest BCUT2D eigenvalue weighted by Gasteiger charge is -2.16. The van der Waals surface area contributed by atoms with E-state index in [0.29, 0.717) is 6.42 Å². The van der Waals surface area contributed by atoms with Crippen molar-refractivity contribution in [3.8, 4) is 0 Å². The summed E-state index contributed by atoms with van der Waals surface area (Å²) in [5.74, 6) is -0.106. The lowest BCUT2D eigenvalue weighted by molar-refractivity contribution is -0.120. The van der Waals surface area contributed by atoms with Crippen LogP contribution in [0, 0.1) is 0 Å². The molecule has 1 aliphatic rings. The Balaban J connectivity index is 2.30. The Labute approximate surface area is 82.8 Å². The second-order valence-corrected chi connectivity index (χ2v) is 3.65. The average molecular weight is 191 g/mol. The first-order chi connectivity index (χ1) is 6.68. The molecule has 2 rings (SSSR count). The molecule has 1 amide bonds. The summed E-state index contributed by atoms with van der Waals surface area (Å²) in [5, 5.41) is 12.5. The highest BCUT2D eigenvalue weighted by Crippen LogP contribution is 2.30. The zero-order valence-electron chi connectivity index (χ0n) is 8.03. The Morgan fingerprint density at radius 2 is 2.21 bits per heavy atom. The van der Waals surface area contributed by atoms with Gasteiger partial charge in [-0.3, -0.25) is 4.79 Å². The molecule has 1 aliphatic carbocycles. The van der Waals surface area contributed by atoms with E-state index >= 15 is 0 Å². The molecule has 2 atom stereocenters. The average Bonchev–Trinajstić information content (AvgIpc) is 2.43. The molecule has 0 heterocycles. The van der Waals surface area contributed by atoms with Crippen molar-refractivity contribution in [1.82, 2.24) is 5.32 Å². The van der Waals surface area contributed by atoms with Gasteiger partial charge in [0.15, 0.2) is 0 Å². The number of aliphatic hydroxyl groups is 1. The molecule has 0 saturated carbocycles. The number of hydrogen-bond acceptors (Lipinski definition) is 2. The maximum absolute atomic E-state index is 10.9. The predicted molar refractivity (Wildman–Crippen MR) is 52.7 cm³/mol. The van der Waals surface area contributed by atoms with Crippen LogP contribution in [-0.2, 0) is 11.2 Å². The third kappa shape index (κ3) is 1.51. The molecule has 2 unspecified atom stereocenters. The minimum atomic E-state index is -0.490. The van der Waals surface area contributed by atoms with Crippen LogP contribution in [0.2, 0.25) is 0 Å². The number of carbonyl (C=O) groups is 1. The highest BCUT2D eigenvalue weighted by atomic mass is 16.3. The van der Waals surface area contributed by atoms with Crippen molar-refractivity contribution in [1.29, 1.82) is 0 Å². The summed E-state index contributed by atoms with van der Waals surface area (Å²) in [6, 6.07) is 7.57. The lowest BCUT2D eigenvalue weighted by atomic mass is 10.1. The molecular formula is C11H13NO2. The molecule has 0 radical (unpaired) electrons. The Morgan fingerprint density at radius 3 is 2.93 bits per heavy atom. The molecule has 0 spiro atoms. The zero-order valence-corrected chi connectivity index (χ0v) is 8.03. The number of amides is 1. The van der Waals surface area contributed by atoms with Crippen LogP contribution < -0.4 is 5.32 Å². The van der Waals surface area contributed by atoms with Crippen LogP contribution in [0.3, 0.4) is 0 Å². The van der Waals surface area contributed by atoms with Gasteiger partial charge in [0.2, 0.25) is 5.91 Å². The largest absolute Gasteiger partial charge is 0.390 e. The fourth-order valence-electron chi connectivity index (χ4n) is 1.97. The van der Waals surface area contributed by atoms with Crippen molar-refractivity contribution in [2.24, 2.45) is 0 Å². The number of rotatable bonds is 1. The Kier molecular flexibility index (Phi) is 2.25. The van der Waals surface area contributed by atoms with Gasteiger partial charge < -0.3 is 10.4 Å². The number of fused-ring (bicyclic) bond motifs is 1. The van der Waals surface area contributed by atoms with Crippen molar-refractivity contribution < 1.29 is 9.90 Å². The van der Waals surface area contributed by atoms with E-state index in [1.54, 1.807) is 0 Å². The summed E-state index contributed by atoms with van der Waals surface area (Å²) in [5.41, 5.74) is 2.16. The van der Waals surface area contributed by atoms with E-state index in [2.05, 4.69) is 5.32 Å². The van der Waals surface area contributed by atoms with Crippen molar-refractivity contribution in [3.05, 3.63) is 35.4 Å². The molecule has 3 heteroatoms. The third-order valence-corrected chi connectivity index (χ3v) is 2.56. The maximum Gasteiger partial charge on any atom is 0.217 e. The van der Waals surface area contributed by atoms with Crippen LogP contribution >= 0.6 is 0 Å². The van der Waals surface area contributed by atoms with Crippen LogP contribution in [0.5, 0.6) is 0 Å². The van der Waals surface area contributed by atoms with Gasteiger partial charge in [-0.2, -0.15) is 0 Å². The highest BCUT2D eigenvalue weighted by Gasteiger charge is 2.30. The molecule has 3 nitrogen and oxygen atoms in total. The predicted octanol–water partition coefficient (Wildman–Crippen LogP) is 0.781. The Hall–Kier alpha value is -1.35. The van der Waals surface area contributed by atoms with Crippen LogP contribution in [0.25, 0.3) is 0 Å². The van der Waals surface area contributed by atoms with E-state index in [9.17, 15) is 9.90 Å². The van der Waals surface area contributed by atoms with Crippen LogP contribution in [0.1, 0.15) is 24.1 Å². The summed E-state index contributed by atoms with van der Waals surface area (Å²) in [7, 11) is 0. The molecular weight excluding hydrogens is 178 g/mol. The molecule has 74 valence electrons. The van der Waals surface area contributed by atoms with Gasteiger partial charge in [0.05, 0.1) is 12.1 Å². The fourth-order valence-corrected chi connectivity index (χ4v) is 1.97. The standard InChI is InChI=1S/C11H13NO2/c1-7(13)12-11-9-5-3-2-4-8(9)6-10(11)14/h2-5,10-11,14H,6H2,1H3,(H,12,13). The Bertz CT molecular complexity index is 362. The van der Waals surface area contributed by atoms with Crippen molar-refractivity contribution >= 4 is 5.91 Å². The van der Waals surface area contributed by atoms with Crippen molar-refractivity contribution in [2.45, 2.75) is 25.5 Å². The molecule has 1 aromatic carbocycles. The van der Waals surface area contributed by atoms with Gasteiger partial charge in [-0.1, -0.05) is 24.3 Å². The van der Waals surface area contributed by atoms with E-state index in [0.717, 1.165) is 11.1 Å². The van der Waals surface area contributed by atoms with E-state index in [1.807, 2.05) is 24.3 Å². The lowest BCUT2D eigenvalue weighted by Crippen LogP contribution is -2.32. The number of nitrogens with one attached hydrogen (secondary N) is 1. The van der Waals surface area contributed by atoms with Gasteiger partial charge in [0, 0.05) is 13.3 Å². The molecule has 14 heavy (non-hydrogen) atoms. The number of hydrogen-bond donors (Lipinski definition) is 2. The number of benzene rings is 1. The molecule has 0 aliphatic heterocycles. The second-order valence-electron chi connectivity index (χ2n) is 3.65. The third-order valence-electron chi connectivity index (χ3n) is 2.56. The molecule has 0 saturated heterocycles. The van der Waals surface area contributed by atoms with E-state index in [-0.39, 0.29) is 11.9 Å². The van der Waals surface area contributed by atoms with Crippen LogP contribution in [0.4, 0.5) is 0 Å². The first-order valence-corrected chi connectivity index (χ1v) is 4.71. The van der Waals surface area contributed by atoms with Gasteiger partial charge in [0.1, 0.15) is 0 Å². The van der Waals surface area contributed by atoms with Crippen LogP contribution in [-0.4, -0.2) is 17.1 Å². The quantitative estimate of drug-likeness (QED) is 0.689. The summed E-state index contributed by atoms with van der Waals surface area (Å²) in [6.07, 6.45) is 0.137. The van der Waals surface area contributed by atoms with Crippen LogP contribution in [0.15, 0.2) is 24.3 Å². The summed E-state index contributed by atoms with van der Waals surface area (Å²) < 4.78 is 0. The summed E-state index contributed by atoms with van der Waals surface area (Å²) in [6.45, 7) is 1.47. The minimum absolute atomic E-state index is 0.106. The summed E-state index contributed by atoms with van der Waals surface area (Å²) >= 11 is 0. The van der Waals surface area contributed by atoms with E-state index in [1.165, 1.54) is 6.92 Å². The number of carbonyl (C=O) groups excluding carboxylic acids is 1. The van der Waals surface area contributed by atoms with Gasteiger partial charge >= 0.3 is 0 Å². The monoisotopic (exact) mass is 191 g/mol. The van der Waals surface area contributed by atoms with Gasteiger partial charge in [0.25, 0.3) is 0 Å². The van der Waals surface area contributed by atoms with E-state index < -0.39 is 6.10 Å². The molecule has 0 aromatic heterocycles. The zero-order chi connectivity index (χ0) is 10.1. The first kappa shape index (κ1) is 9.21. The van der Waals surface area contributed by atoms with Gasteiger partial charge in [-0.05, 0) is 11.1 Å². The van der Waals surface area contributed by atoms with Gasteiger partial charge in [-0.15, -0.1) is 0 Å². The Morgan fingerprint density at radius 1 is 1.50 bits per heavy atom. The van der Waals surface area contributed by atoms with Crippen molar-refractivity contribution in [3.63, 3.8) is 0 Å². The first-order valence-electron chi connectivity index (χ1n) is 4.71. The molecule has 0 fully saturated rings. The minimum Gasteiger partial charge on any atom is -0.390 e. The van der Waals surface area contributed by atoms with E-state index in [4.69, 9.17) is 0 Å². The van der Waals surface area contributed by atoms with Gasteiger partial charge in [-0.25, -0.2) is 0 Å². The van der Waals surface area contributed by atoms with Crippen molar-refractivity contribution in [2.75, 3.05) is 0 Å². The normalized spacial score (nSPS) is 24.4. The topological polar surface area (TPSA) is 49.3 Å². The second kappa shape index (κ2) is 3.42. The number of aliphatic hydroxyl groups excluding tert-OH is 1. The highest BCUT2D eigenvalue weighted by molar-refractivity contribution is 5.73.